The molecule has 14 heteroatoms. The SMILES string of the molecule is CCCCCCCCCCCCCCCCCCC(=O)OC[C@H](COP(=O)(O)OC1C(O)C(O)C(O)[C@@H](O)C1O)OC(=O)CCCCCCCCCCCCCCCC. The van der Waals surface area contributed by atoms with Crippen molar-refractivity contribution in [1.29, 1.82) is 0 Å². The van der Waals surface area contributed by atoms with E-state index in [0.717, 1.165) is 38.5 Å². The number of carbonyl (C=O) groups is 2. The van der Waals surface area contributed by atoms with E-state index < -0.39 is 75.7 Å². The molecule has 6 N–H and O–H groups in total. The van der Waals surface area contributed by atoms with E-state index in [1.54, 1.807) is 0 Å². The molecule has 1 aliphatic carbocycles. The molecule has 0 aromatic rings. The van der Waals surface area contributed by atoms with Crippen molar-refractivity contribution in [3.05, 3.63) is 0 Å². The van der Waals surface area contributed by atoms with E-state index in [-0.39, 0.29) is 12.8 Å². The molecule has 59 heavy (non-hydrogen) atoms. The number of aliphatic hydroxyl groups is 5. The Bertz CT molecular complexity index is 1050. The number of carbonyl (C=O) groups excluding carboxylic acids is 2. The molecule has 1 aliphatic rings. The van der Waals surface area contributed by atoms with Gasteiger partial charge in [0.2, 0.25) is 0 Å². The van der Waals surface area contributed by atoms with Crippen molar-refractivity contribution in [3.63, 3.8) is 0 Å². The van der Waals surface area contributed by atoms with Crippen molar-refractivity contribution in [2.75, 3.05) is 13.2 Å². The number of phosphoric ester groups is 1. The summed E-state index contributed by atoms with van der Waals surface area (Å²) in [6, 6.07) is 0. The highest BCUT2D eigenvalue weighted by molar-refractivity contribution is 7.47. The molecule has 0 aromatic heterocycles. The summed E-state index contributed by atoms with van der Waals surface area (Å²) in [6.07, 6.45) is 23.0. The highest BCUT2D eigenvalue weighted by atomic mass is 31.2. The molecular formula is C45H87O13P. The summed E-state index contributed by atoms with van der Waals surface area (Å²) in [4.78, 5) is 35.7. The van der Waals surface area contributed by atoms with E-state index in [1.807, 2.05) is 0 Å². The Kier molecular flexibility index (Phi) is 34.4. The molecule has 0 aliphatic heterocycles. The summed E-state index contributed by atoms with van der Waals surface area (Å²) in [5, 5.41) is 50.1. The molecule has 0 spiro atoms. The Balaban J connectivity index is 2.42. The normalized spacial score (nSPS) is 22.2. The van der Waals surface area contributed by atoms with Crippen LogP contribution in [0.4, 0.5) is 0 Å². The van der Waals surface area contributed by atoms with E-state index in [2.05, 4.69) is 13.8 Å². The fourth-order valence-corrected chi connectivity index (χ4v) is 8.56. The van der Waals surface area contributed by atoms with E-state index in [9.17, 15) is 44.6 Å². The first-order chi connectivity index (χ1) is 28.4. The third-order valence-electron chi connectivity index (χ3n) is 11.4. The maximum Gasteiger partial charge on any atom is 0.472 e. The van der Waals surface area contributed by atoms with Crippen LogP contribution in [0.5, 0.6) is 0 Å². The van der Waals surface area contributed by atoms with Crippen LogP contribution in [-0.2, 0) is 32.7 Å². The summed E-state index contributed by atoms with van der Waals surface area (Å²) >= 11 is 0. The minimum absolute atomic E-state index is 0.105. The van der Waals surface area contributed by atoms with Gasteiger partial charge in [-0.3, -0.25) is 18.6 Å². The monoisotopic (exact) mass is 867 g/mol. The van der Waals surface area contributed by atoms with Gasteiger partial charge in [0, 0.05) is 12.8 Å². The lowest BCUT2D eigenvalue weighted by Crippen LogP contribution is -2.64. The van der Waals surface area contributed by atoms with Gasteiger partial charge in [0.05, 0.1) is 6.61 Å². The van der Waals surface area contributed by atoms with Crippen molar-refractivity contribution in [3.8, 4) is 0 Å². The Morgan fingerprint density at radius 2 is 0.763 bits per heavy atom. The average Bonchev–Trinajstić information content (AvgIpc) is 3.21. The number of phosphoric acid groups is 1. The van der Waals surface area contributed by atoms with E-state index in [0.29, 0.717) is 12.8 Å². The lowest BCUT2D eigenvalue weighted by atomic mass is 9.85. The van der Waals surface area contributed by atoms with Gasteiger partial charge in [0.1, 0.15) is 43.2 Å². The van der Waals surface area contributed by atoms with Crippen LogP contribution in [0.25, 0.3) is 0 Å². The van der Waals surface area contributed by atoms with Gasteiger partial charge in [0.15, 0.2) is 6.10 Å². The molecule has 0 aromatic carbocycles. The fraction of sp³-hybridized carbons (Fsp3) is 0.956. The minimum atomic E-state index is -5.11. The summed E-state index contributed by atoms with van der Waals surface area (Å²) in [5.74, 6) is -1.08. The second kappa shape index (κ2) is 36.3. The van der Waals surface area contributed by atoms with Crippen molar-refractivity contribution in [2.45, 2.75) is 262 Å². The first kappa shape index (κ1) is 55.9. The molecule has 1 rings (SSSR count). The number of esters is 2. The molecule has 13 nitrogen and oxygen atoms in total. The maximum atomic E-state index is 12.8. The molecule has 0 saturated heterocycles. The summed E-state index contributed by atoms with van der Waals surface area (Å²) in [6.45, 7) is 3.32. The van der Waals surface area contributed by atoms with Gasteiger partial charge in [-0.15, -0.1) is 0 Å². The van der Waals surface area contributed by atoms with Crippen molar-refractivity contribution in [1.82, 2.24) is 0 Å². The highest BCUT2D eigenvalue weighted by Crippen LogP contribution is 2.47. The van der Waals surface area contributed by atoms with Gasteiger partial charge in [-0.25, -0.2) is 4.57 Å². The molecule has 0 heterocycles. The Morgan fingerprint density at radius 3 is 1.12 bits per heavy atom. The van der Waals surface area contributed by atoms with Crippen molar-refractivity contribution >= 4 is 19.8 Å². The largest absolute Gasteiger partial charge is 0.472 e. The standard InChI is InChI=1S/C45H87O13P/c1-3-5-7-9-11-13-15-17-19-20-22-23-25-27-29-31-33-38(46)55-35-37(36-56-59(53,54)58-45-43(51)41(49)40(48)42(50)44(45)52)57-39(47)34-32-30-28-26-24-21-18-16-14-12-10-8-6-4-2/h37,40-45,48-52H,3-36H2,1-2H3,(H,53,54)/t37-,40?,41-,42?,43?,44?,45?/m1/s1. The number of unbranched alkanes of at least 4 members (excludes halogenated alkanes) is 28. The molecule has 1 fully saturated rings. The number of aliphatic hydroxyl groups excluding tert-OH is 5. The predicted molar refractivity (Wildman–Crippen MR) is 231 cm³/mol. The molecule has 6 unspecified atom stereocenters. The van der Waals surface area contributed by atoms with E-state index in [4.69, 9.17) is 18.5 Å². The van der Waals surface area contributed by atoms with Gasteiger partial charge in [-0.05, 0) is 12.8 Å². The fourth-order valence-electron chi connectivity index (χ4n) is 7.58. The zero-order valence-electron chi connectivity index (χ0n) is 37.1. The Labute approximate surface area is 357 Å². The maximum absolute atomic E-state index is 12.8. The lowest BCUT2D eigenvalue weighted by Gasteiger charge is -2.41. The highest BCUT2D eigenvalue weighted by Gasteiger charge is 2.51. The van der Waals surface area contributed by atoms with E-state index in [1.165, 1.54) is 141 Å². The average molecular weight is 867 g/mol. The number of hydrogen-bond acceptors (Lipinski definition) is 12. The summed E-state index contributed by atoms with van der Waals surface area (Å²) < 4.78 is 33.5. The Hall–Kier alpha value is -1.15. The van der Waals surface area contributed by atoms with Crippen LogP contribution < -0.4 is 0 Å². The first-order valence-electron chi connectivity index (χ1n) is 23.8. The van der Waals surface area contributed by atoms with Crippen LogP contribution in [0, 0.1) is 0 Å². The third-order valence-corrected chi connectivity index (χ3v) is 12.4. The second-order valence-corrected chi connectivity index (χ2v) is 18.4. The molecule has 8 atom stereocenters. The molecule has 350 valence electrons. The smallest absolute Gasteiger partial charge is 0.462 e. The zero-order chi connectivity index (χ0) is 43.6. The van der Waals surface area contributed by atoms with Gasteiger partial charge >= 0.3 is 19.8 Å². The number of hydrogen-bond donors (Lipinski definition) is 6. The molecule has 0 amide bonds. The van der Waals surface area contributed by atoms with Crippen LogP contribution in [-0.4, -0.2) is 98.3 Å². The van der Waals surface area contributed by atoms with Crippen LogP contribution >= 0.6 is 7.82 Å². The van der Waals surface area contributed by atoms with Crippen LogP contribution in [0.2, 0.25) is 0 Å². The van der Waals surface area contributed by atoms with Gasteiger partial charge in [0.25, 0.3) is 0 Å². The molecule has 0 radical (unpaired) electrons. The topological polar surface area (TPSA) is 210 Å². The first-order valence-corrected chi connectivity index (χ1v) is 25.3. The quantitative estimate of drug-likeness (QED) is 0.0193. The molecular weight excluding hydrogens is 779 g/mol. The third kappa shape index (κ3) is 29.0. The minimum Gasteiger partial charge on any atom is -0.462 e. The van der Waals surface area contributed by atoms with E-state index >= 15 is 0 Å². The lowest BCUT2D eigenvalue weighted by molar-refractivity contribution is -0.220. The van der Waals surface area contributed by atoms with Crippen LogP contribution in [0.15, 0.2) is 0 Å². The van der Waals surface area contributed by atoms with Crippen molar-refractivity contribution in [2.24, 2.45) is 0 Å². The molecule has 1 saturated carbocycles. The molecule has 0 bridgehead atoms. The van der Waals surface area contributed by atoms with Gasteiger partial charge < -0.3 is 39.9 Å². The van der Waals surface area contributed by atoms with Crippen LogP contribution in [0.3, 0.4) is 0 Å². The van der Waals surface area contributed by atoms with Gasteiger partial charge in [-0.1, -0.05) is 194 Å². The summed E-state index contributed by atoms with van der Waals surface area (Å²) in [5.41, 5.74) is 0. The van der Waals surface area contributed by atoms with Crippen molar-refractivity contribution < 1.29 is 63.1 Å². The number of rotatable bonds is 40. The predicted octanol–water partition coefficient (Wildman–Crippen LogP) is 9.28. The number of ether oxygens (including phenoxy) is 2. The summed E-state index contributed by atoms with van der Waals surface area (Å²) in [7, 11) is -5.11. The van der Waals surface area contributed by atoms with Crippen LogP contribution in [0.1, 0.15) is 219 Å². The Morgan fingerprint density at radius 1 is 0.458 bits per heavy atom. The zero-order valence-corrected chi connectivity index (χ0v) is 38.0. The second-order valence-electron chi connectivity index (χ2n) is 17.0. The van der Waals surface area contributed by atoms with Gasteiger partial charge in [-0.2, -0.15) is 0 Å².